The van der Waals surface area contributed by atoms with Gasteiger partial charge < -0.3 is 10.3 Å². The first-order valence-electron chi connectivity index (χ1n) is 19.5. The third-order valence-electron chi connectivity index (χ3n) is 11.2. The Balaban J connectivity index is 1.30. The Morgan fingerprint density at radius 1 is 0.600 bits per heavy atom. The molecule has 0 spiro atoms. The molecule has 8 bridgehead atoms. The van der Waals surface area contributed by atoms with E-state index in [4.69, 9.17) is 9.98 Å². The number of benzene rings is 4. The first-order valence-corrected chi connectivity index (χ1v) is 19.5. The highest BCUT2D eigenvalue weighted by molar-refractivity contribution is 6.32. The summed E-state index contributed by atoms with van der Waals surface area (Å²) in [5.41, 5.74) is 18.6. The van der Waals surface area contributed by atoms with Gasteiger partial charge in [-0.3, -0.25) is 4.99 Å². The molecule has 0 saturated carbocycles. The summed E-state index contributed by atoms with van der Waals surface area (Å²) in [7, 11) is 0. The highest BCUT2D eigenvalue weighted by Crippen LogP contribution is 2.39. The second-order valence-electron chi connectivity index (χ2n) is 16.0. The van der Waals surface area contributed by atoms with E-state index in [1.165, 1.54) is 22.3 Å². The zero-order chi connectivity index (χ0) is 37.7. The van der Waals surface area contributed by atoms with Gasteiger partial charge in [-0.1, -0.05) is 142 Å². The quantitative estimate of drug-likeness (QED) is 0.187. The predicted octanol–water partition coefficient (Wildman–Crippen LogP) is 11.5. The van der Waals surface area contributed by atoms with Crippen LogP contribution in [0.4, 0.5) is 0 Å². The fourth-order valence-electron chi connectivity index (χ4n) is 8.15. The topological polar surface area (TPSA) is 52.5 Å². The summed E-state index contributed by atoms with van der Waals surface area (Å²) in [6.45, 7) is 11.1. The van der Waals surface area contributed by atoms with Crippen molar-refractivity contribution in [3.63, 3.8) is 0 Å². The van der Waals surface area contributed by atoms with Crippen LogP contribution >= 0.6 is 0 Å². The van der Waals surface area contributed by atoms with E-state index in [-0.39, 0.29) is 17.4 Å². The van der Waals surface area contributed by atoms with E-state index in [9.17, 15) is 0 Å². The molecule has 4 aromatic carbocycles. The van der Waals surface area contributed by atoms with Crippen molar-refractivity contribution in [1.82, 2.24) is 10.3 Å². The average Bonchev–Trinajstić information content (AvgIpc) is 4.04. The lowest BCUT2D eigenvalue weighted by Crippen LogP contribution is -2.33. The number of H-pyrrole nitrogens is 1. The molecule has 4 heteroatoms. The molecule has 4 aliphatic heterocycles. The fraction of sp³-hybridized carbons (Fsp3) is 0.176. The van der Waals surface area contributed by atoms with E-state index in [0.29, 0.717) is 0 Å². The molecule has 4 nitrogen and oxygen atoms in total. The van der Waals surface area contributed by atoms with Crippen molar-refractivity contribution in [1.29, 1.82) is 0 Å². The van der Waals surface area contributed by atoms with Crippen molar-refractivity contribution in [2.75, 3.05) is 0 Å². The number of aryl methyl sites for hydroxylation is 2. The number of hydrogen-bond donors (Lipinski definition) is 2. The van der Waals surface area contributed by atoms with Crippen LogP contribution < -0.4 is 5.32 Å². The Hall–Kier alpha value is -6.26. The second kappa shape index (κ2) is 13.9. The molecule has 2 atom stereocenters. The molecule has 0 amide bonds. The lowest BCUT2D eigenvalue weighted by Gasteiger charge is -2.25. The van der Waals surface area contributed by atoms with Gasteiger partial charge in [0.2, 0.25) is 0 Å². The summed E-state index contributed by atoms with van der Waals surface area (Å²) in [5, 5.41) is 4.00. The van der Waals surface area contributed by atoms with Crippen molar-refractivity contribution in [3.8, 4) is 0 Å². The van der Waals surface area contributed by atoms with Gasteiger partial charge in [0, 0.05) is 33.8 Å². The highest BCUT2D eigenvalue weighted by Gasteiger charge is 2.33. The van der Waals surface area contributed by atoms with Crippen LogP contribution in [0.15, 0.2) is 179 Å². The van der Waals surface area contributed by atoms with Crippen LogP contribution in [0.1, 0.15) is 83.9 Å². The number of nitrogens with one attached hydrogen (secondary N) is 2. The third kappa shape index (κ3) is 6.52. The minimum atomic E-state index is -0.0247. The SMILES string of the molecule is CCc1ccc(C2C3=N/C(=C(/c4ccccc4)c4ccc([nH]4)/C(c4ccc(C)cc4)=C4/C=CC(=N4)/C(c4ccc(C(C)(C)C)cc4)=C4/C=CC2N4)C=C3)cc1. The van der Waals surface area contributed by atoms with Gasteiger partial charge in [-0.05, 0) is 94.7 Å². The van der Waals surface area contributed by atoms with Crippen molar-refractivity contribution in [2.45, 2.75) is 58.4 Å². The van der Waals surface area contributed by atoms with E-state index < -0.39 is 0 Å². The van der Waals surface area contributed by atoms with E-state index in [2.05, 4.69) is 197 Å². The van der Waals surface area contributed by atoms with E-state index in [1.54, 1.807) is 0 Å². The molecule has 2 unspecified atom stereocenters. The number of fused-ring (bicyclic) bond motifs is 6. The predicted molar refractivity (Wildman–Crippen MR) is 230 cm³/mol. The van der Waals surface area contributed by atoms with E-state index >= 15 is 0 Å². The molecule has 5 aromatic rings. The molecule has 0 fully saturated rings. The van der Waals surface area contributed by atoms with Crippen LogP contribution in [0, 0.1) is 6.92 Å². The fourth-order valence-corrected chi connectivity index (χ4v) is 8.15. The molecule has 270 valence electrons. The molecule has 0 saturated heterocycles. The van der Waals surface area contributed by atoms with Crippen LogP contribution in [0.5, 0.6) is 0 Å². The van der Waals surface area contributed by atoms with Crippen molar-refractivity contribution >= 4 is 28.1 Å². The van der Waals surface area contributed by atoms with Gasteiger partial charge >= 0.3 is 0 Å². The number of rotatable bonds is 5. The number of nitrogens with zero attached hydrogens (tertiary/aromatic N) is 2. The third-order valence-corrected chi connectivity index (χ3v) is 11.2. The highest BCUT2D eigenvalue weighted by atomic mass is 15.0. The van der Waals surface area contributed by atoms with E-state index in [1.807, 2.05) is 0 Å². The van der Waals surface area contributed by atoms with E-state index in [0.717, 1.165) is 79.7 Å². The van der Waals surface area contributed by atoms with Crippen LogP contribution in [0.3, 0.4) is 0 Å². The Morgan fingerprint density at radius 2 is 1.22 bits per heavy atom. The summed E-state index contributed by atoms with van der Waals surface area (Å²) >= 11 is 0. The summed E-state index contributed by atoms with van der Waals surface area (Å²) in [5.74, 6) is -0.0216. The van der Waals surface area contributed by atoms with Crippen molar-refractivity contribution < 1.29 is 0 Å². The number of hydrogen-bond acceptors (Lipinski definition) is 3. The molecule has 0 radical (unpaired) electrons. The van der Waals surface area contributed by atoms with Crippen LogP contribution in [0.25, 0.3) is 16.7 Å². The van der Waals surface area contributed by atoms with Gasteiger partial charge in [0.25, 0.3) is 0 Å². The lowest BCUT2D eigenvalue weighted by molar-refractivity contribution is 0.590. The Kier molecular flexibility index (Phi) is 8.70. The van der Waals surface area contributed by atoms with Gasteiger partial charge in [-0.25, -0.2) is 4.99 Å². The summed E-state index contributed by atoms with van der Waals surface area (Å²) in [4.78, 5) is 14.8. The zero-order valence-corrected chi connectivity index (χ0v) is 32.2. The van der Waals surface area contributed by atoms with Gasteiger partial charge in [0.05, 0.1) is 34.8 Å². The van der Waals surface area contributed by atoms with Crippen molar-refractivity contribution in [2.24, 2.45) is 9.98 Å². The summed E-state index contributed by atoms with van der Waals surface area (Å²) in [6, 6.07) is 41.9. The zero-order valence-electron chi connectivity index (χ0n) is 32.2. The normalized spacial score (nSPS) is 22.9. The Morgan fingerprint density at radius 3 is 1.89 bits per heavy atom. The Labute approximate surface area is 324 Å². The first kappa shape index (κ1) is 34.5. The Bertz CT molecular complexity index is 2540. The second-order valence-corrected chi connectivity index (χ2v) is 16.0. The minimum Gasteiger partial charge on any atom is -0.377 e. The molecule has 5 heterocycles. The van der Waals surface area contributed by atoms with Gasteiger partial charge in [0.15, 0.2) is 0 Å². The first-order chi connectivity index (χ1) is 26.7. The number of allylic oxidation sites excluding steroid dienone is 6. The molecule has 4 aliphatic rings. The smallest absolute Gasteiger partial charge is 0.0737 e. The maximum absolute atomic E-state index is 5.49. The molecular formula is C51H46N4. The molecular weight excluding hydrogens is 669 g/mol. The van der Waals surface area contributed by atoms with Crippen molar-refractivity contribution in [3.05, 3.63) is 219 Å². The molecule has 0 aliphatic carbocycles. The number of aromatic nitrogens is 1. The van der Waals surface area contributed by atoms with Gasteiger partial charge in [-0.2, -0.15) is 0 Å². The maximum Gasteiger partial charge on any atom is 0.0737 e. The standard InChI is InChI=1S/C51H46N4/c1-6-33-14-18-36(19-15-33)49-43-27-25-40(53-43)47(34-10-8-7-9-11-34)39-24-26-41(52-39)48(35-16-12-32(2)13-17-35)42-28-30-45(54-42)50(46-31-29-44(49)55-46)37-20-22-38(23-21-37)51(3,4)5/h7-31,44,49,52,55H,6H2,1-5H3/b47-40-,48-42-,50-46-. The van der Waals surface area contributed by atoms with Crippen LogP contribution in [0.2, 0.25) is 0 Å². The summed E-state index contributed by atoms with van der Waals surface area (Å²) in [6.07, 6.45) is 14.3. The van der Waals surface area contributed by atoms with Crippen LogP contribution in [-0.2, 0) is 11.8 Å². The monoisotopic (exact) mass is 714 g/mol. The minimum absolute atomic E-state index is 0.0216. The lowest BCUT2D eigenvalue weighted by atomic mass is 9.85. The summed E-state index contributed by atoms with van der Waals surface area (Å²) < 4.78 is 0. The van der Waals surface area contributed by atoms with Gasteiger partial charge in [0.1, 0.15) is 0 Å². The van der Waals surface area contributed by atoms with Gasteiger partial charge in [-0.15, -0.1) is 0 Å². The molecule has 2 N–H and O–H groups in total. The largest absolute Gasteiger partial charge is 0.377 e. The molecule has 1 aromatic heterocycles. The molecule has 9 rings (SSSR count). The molecule has 55 heavy (non-hydrogen) atoms. The number of aliphatic imine (C=N–C) groups is 2. The maximum atomic E-state index is 5.49. The average molecular weight is 715 g/mol. The van der Waals surface area contributed by atoms with Crippen LogP contribution in [-0.4, -0.2) is 22.4 Å². The number of aromatic amines is 1.